The van der Waals surface area contributed by atoms with E-state index in [9.17, 15) is 24.3 Å². The van der Waals surface area contributed by atoms with Crippen LogP contribution in [0.15, 0.2) is 66.9 Å². The third-order valence-electron chi connectivity index (χ3n) is 4.86. The van der Waals surface area contributed by atoms with Crippen molar-refractivity contribution in [1.82, 2.24) is 10.2 Å². The molecule has 3 rings (SSSR count). The largest absolute Gasteiger partial charge is 1.00 e. The molecule has 1 atom stereocenters. The Balaban J connectivity index is 0.00000363. The van der Waals surface area contributed by atoms with Gasteiger partial charge in [0, 0.05) is 43.9 Å². The number of rotatable bonds is 7. The molecular weight excluding hydrogens is 421 g/mol. The van der Waals surface area contributed by atoms with E-state index in [0.29, 0.717) is 12.1 Å². The minimum Gasteiger partial charge on any atom is -0.550 e. The van der Waals surface area contributed by atoms with E-state index in [2.05, 4.69) is 5.32 Å². The third-order valence-corrected chi connectivity index (χ3v) is 4.86. The van der Waals surface area contributed by atoms with Crippen molar-refractivity contribution in [1.29, 1.82) is 0 Å². The Hall–Kier alpha value is -2.94. The number of aliphatic carboxylic acids is 1. The van der Waals surface area contributed by atoms with Gasteiger partial charge in [0.15, 0.2) is 11.8 Å². The van der Waals surface area contributed by atoms with Crippen molar-refractivity contribution in [2.45, 2.75) is 18.9 Å². The Morgan fingerprint density at radius 2 is 1.66 bits per heavy atom. The molecule has 9 heteroatoms. The van der Waals surface area contributed by atoms with E-state index in [-0.39, 0.29) is 42.5 Å². The topological polar surface area (TPSA) is 110 Å². The number of hydrogen-bond donors (Lipinski definition) is 1. The number of nitrogens with zero attached hydrogens (tertiary/aromatic N) is 2. The monoisotopic (exact) mass is 443 g/mol. The molecule has 1 aliphatic rings. The summed E-state index contributed by atoms with van der Waals surface area (Å²) in [5.41, 5.74) is 2.46. The zero-order valence-electron chi connectivity index (χ0n) is 18.0. The van der Waals surface area contributed by atoms with E-state index >= 15 is 0 Å². The molecule has 2 aromatic carbocycles. The second-order valence-electron chi connectivity index (χ2n) is 7.12. The summed E-state index contributed by atoms with van der Waals surface area (Å²) in [4.78, 5) is 51.0. The van der Waals surface area contributed by atoms with E-state index in [4.69, 9.17) is 0 Å². The van der Waals surface area contributed by atoms with Gasteiger partial charge in [-0.25, -0.2) is 4.79 Å². The first kappa shape index (κ1) is 25.3. The smallest absolute Gasteiger partial charge is 0.550 e. The number of carboxylic acids is 1. The summed E-state index contributed by atoms with van der Waals surface area (Å²) in [5.74, 6) is -2.41. The maximum Gasteiger partial charge on any atom is 1.00 e. The van der Waals surface area contributed by atoms with E-state index in [1.54, 1.807) is 12.1 Å². The average Bonchev–Trinajstić information content (AvgIpc) is 2.75. The Bertz CT molecular complexity index is 1010. The van der Waals surface area contributed by atoms with Crippen molar-refractivity contribution in [2.24, 2.45) is 0 Å². The molecule has 0 aromatic heterocycles. The summed E-state index contributed by atoms with van der Waals surface area (Å²) in [6, 6.07) is 14.7. The molecular formula is C23H22N3NaO5. The molecule has 3 amide bonds. The van der Waals surface area contributed by atoms with Crippen LogP contribution >= 0.6 is 0 Å². The van der Waals surface area contributed by atoms with Crippen LogP contribution in [-0.4, -0.2) is 48.2 Å². The third kappa shape index (κ3) is 6.29. The van der Waals surface area contributed by atoms with E-state index < -0.39 is 29.7 Å². The molecule has 160 valence electrons. The minimum atomic E-state index is -1.38. The molecule has 8 nitrogen and oxygen atoms in total. The van der Waals surface area contributed by atoms with Gasteiger partial charge in [0.25, 0.3) is 5.91 Å². The zero-order chi connectivity index (χ0) is 22.4. The second kappa shape index (κ2) is 11.6. The van der Waals surface area contributed by atoms with Crippen LogP contribution in [0.4, 0.5) is 10.5 Å². The molecule has 0 saturated carbocycles. The normalized spacial score (nSPS) is 15.2. The number of ketones is 1. The number of carbonyl (C=O) groups is 4. The number of carboxylic acid groups (broad SMARTS) is 1. The summed E-state index contributed by atoms with van der Waals surface area (Å²) in [6.07, 6.45) is 2.88. The van der Waals surface area contributed by atoms with Crippen molar-refractivity contribution in [3.8, 4) is 0 Å². The number of amides is 3. The molecule has 2 aromatic rings. The number of hydrogen-bond acceptors (Lipinski definition) is 5. The van der Waals surface area contributed by atoms with Gasteiger partial charge in [0.1, 0.15) is 0 Å². The van der Waals surface area contributed by atoms with Gasteiger partial charge in [-0.2, -0.15) is 0 Å². The Labute approximate surface area is 208 Å². The first-order valence-corrected chi connectivity index (χ1v) is 9.75. The second-order valence-corrected chi connectivity index (χ2v) is 7.12. The molecule has 32 heavy (non-hydrogen) atoms. The molecule has 0 spiro atoms. The summed E-state index contributed by atoms with van der Waals surface area (Å²) in [5, 5.41) is 13.1. The summed E-state index contributed by atoms with van der Waals surface area (Å²) in [6.45, 7) is -0.190. The van der Waals surface area contributed by atoms with E-state index in [0.717, 1.165) is 16.0 Å². The first-order valence-electron chi connectivity index (χ1n) is 9.75. The maximum atomic E-state index is 12.9. The molecule has 1 aliphatic heterocycles. The van der Waals surface area contributed by atoms with Crippen LogP contribution in [0.2, 0.25) is 0 Å². The molecule has 1 N–H and O–H groups in total. The van der Waals surface area contributed by atoms with Gasteiger partial charge in [-0.3, -0.25) is 14.5 Å². The van der Waals surface area contributed by atoms with Gasteiger partial charge in [-0.05, 0) is 29.7 Å². The number of likely N-dealkylation sites (N-methyl/N-ethyl adjacent to an activating group) is 1. The molecule has 1 heterocycles. The standard InChI is InChI=1S/C23H23N3O5.Na/c1-25-14-12-19(27)21(22(25)30)26(23(31)24-13-11-20(28)29)18-9-7-17(8-10-18)15-16-5-3-2-4-6-16;/h2-10,12,14,21H,11,13,15H2,1H3,(H,24,31)(H,28,29);/q;+1/p-1/t21-;/m0./s1. The van der Waals surface area contributed by atoms with Gasteiger partial charge in [-0.15, -0.1) is 0 Å². The predicted octanol–water partition coefficient (Wildman–Crippen LogP) is -2.14. The Kier molecular flexibility index (Phi) is 9.19. The van der Waals surface area contributed by atoms with Crippen molar-refractivity contribution >= 4 is 29.4 Å². The quantitative estimate of drug-likeness (QED) is 0.388. The Morgan fingerprint density at radius 3 is 2.28 bits per heavy atom. The zero-order valence-corrected chi connectivity index (χ0v) is 20.0. The minimum absolute atomic E-state index is 0. The summed E-state index contributed by atoms with van der Waals surface area (Å²) < 4.78 is 0. The molecule has 0 radical (unpaired) electrons. The van der Waals surface area contributed by atoms with Crippen LogP contribution in [0.25, 0.3) is 0 Å². The van der Waals surface area contributed by atoms with Crippen LogP contribution in [0.1, 0.15) is 17.5 Å². The molecule has 0 fully saturated rings. The first-order chi connectivity index (χ1) is 14.9. The molecule has 0 aliphatic carbocycles. The number of urea groups is 1. The average molecular weight is 443 g/mol. The molecule has 0 unspecified atom stereocenters. The van der Waals surface area contributed by atoms with Gasteiger partial charge >= 0.3 is 35.6 Å². The number of benzene rings is 2. The van der Waals surface area contributed by atoms with Gasteiger partial charge in [0.05, 0.1) is 0 Å². The SMILES string of the molecule is CN1C=CC(=O)[C@H](N(C(=O)NCCC(=O)[O-])c2ccc(Cc3ccccc3)cc2)C1=O.[Na+]. The fraction of sp³-hybridized carbons (Fsp3) is 0.217. The van der Waals surface area contributed by atoms with E-state index in [1.807, 2.05) is 42.5 Å². The van der Waals surface area contributed by atoms with Gasteiger partial charge in [-0.1, -0.05) is 42.5 Å². The van der Waals surface area contributed by atoms with E-state index in [1.165, 1.54) is 24.2 Å². The van der Waals surface area contributed by atoms with Crippen molar-refractivity contribution < 1.29 is 53.8 Å². The van der Waals surface area contributed by atoms with Crippen LogP contribution < -0.4 is 44.9 Å². The molecule has 0 saturated heterocycles. The van der Waals surface area contributed by atoms with Crippen LogP contribution in [0, 0.1) is 0 Å². The van der Waals surface area contributed by atoms with Crippen LogP contribution in [0.3, 0.4) is 0 Å². The summed E-state index contributed by atoms with van der Waals surface area (Å²) >= 11 is 0. The summed E-state index contributed by atoms with van der Waals surface area (Å²) in [7, 11) is 1.49. The van der Waals surface area contributed by atoms with Crippen LogP contribution in [0.5, 0.6) is 0 Å². The fourth-order valence-corrected chi connectivity index (χ4v) is 3.25. The molecule has 0 bridgehead atoms. The predicted molar refractivity (Wildman–Crippen MR) is 112 cm³/mol. The van der Waals surface area contributed by atoms with Gasteiger partial charge < -0.3 is 20.1 Å². The fourth-order valence-electron chi connectivity index (χ4n) is 3.25. The maximum absolute atomic E-state index is 12.9. The van der Waals surface area contributed by atoms with Gasteiger partial charge in [0.2, 0.25) is 0 Å². The van der Waals surface area contributed by atoms with Crippen molar-refractivity contribution in [3.63, 3.8) is 0 Å². The van der Waals surface area contributed by atoms with Crippen molar-refractivity contribution in [2.75, 3.05) is 18.5 Å². The number of carbonyl (C=O) groups excluding carboxylic acids is 4. The number of anilines is 1. The number of nitrogens with one attached hydrogen (secondary N) is 1. The Morgan fingerprint density at radius 1 is 1.03 bits per heavy atom. The van der Waals surface area contributed by atoms with Crippen molar-refractivity contribution in [3.05, 3.63) is 78.0 Å². The van der Waals surface area contributed by atoms with Crippen LogP contribution in [-0.2, 0) is 20.8 Å².